The molecule has 3 nitrogen and oxygen atoms in total. The fourth-order valence-electron chi connectivity index (χ4n) is 1.28. The smallest absolute Gasteiger partial charge is 0.132 e. The second kappa shape index (κ2) is 4.99. The van der Waals surface area contributed by atoms with Crippen molar-refractivity contribution >= 4 is 21.7 Å². The van der Waals surface area contributed by atoms with Gasteiger partial charge in [0.15, 0.2) is 0 Å². The average Bonchev–Trinajstić information content (AvgIpc) is 2.29. The van der Waals surface area contributed by atoms with Crippen LogP contribution in [0.2, 0.25) is 0 Å². The number of nitrogens with zero attached hydrogens (tertiary/aromatic N) is 1. The van der Waals surface area contributed by atoms with Crippen molar-refractivity contribution in [3.63, 3.8) is 0 Å². The molecule has 0 aliphatic heterocycles. The molecule has 0 aliphatic carbocycles. The molecule has 0 radical (unpaired) electrons. The van der Waals surface area contributed by atoms with Gasteiger partial charge in [-0.15, -0.1) is 0 Å². The molecule has 0 unspecified atom stereocenters. The van der Waals surface area contributed by atoms with Gasteiger partial charge < -0.3 is 10.1 Å². The lowest BCUT2D eigenvalue weighted by atomic mass is 10.3. The van der Waals surface area contributed by atoms with Crippen molar-refractivity contribution in [1.29, 1.82) is 0 Å². The highest BCUT2D eigenvalue weighted by Crippen LogP contribution is 2.25. The van der Waals surface area contributed by atoms with Gasteiger partial charge in [0.05, 0.1) is 0 Å². The Labute approximate surface area is 103 Å². The minimum absolute atomic E-state index is 0.762. The number of ether oxygens (including phenoxy) is 1. The average molecular weight is 279 g/mol. The first kappa shape index (κ1) is 11.0. The van der Waals surface area contributed by atoms with E-state index in [4.69, 9.17) is 4.74 Å². The van der Waals surface area contributed by atoms with Crippen LogP contribution >= 0.6 is 15.9 Å². The fourth-order valence-corrected chi connectivity index (χ4v) is 1.66. The summed E-state index contributed by atoms with van der Waals surface area (Å²) >= 11 is 3.40. The van der Waals surface area contributed by atoms with Crippen molar-refractivity contribution in [3.05, 3.63) is 47.1 Å². The highest BCUT2D eigenvalue weighted by atomic mass is 79.9. The maximum atomic E-state index is 5.69. The molecule has 0 saturated heterocycles. The molecule has 1 aromatic carbocycles. The maximum Gasteiger partial charge on any atom is 0.132 e. The number of benzene rings is 1. The van der Waals surface area contributed by atoms with Gasteiger partial charge in [-0.3, -0.25) is 0 Å². The standard InChI is InChI=1S/C12H11BrN2O/c1-14-12-8-11(5-6-15-12)16-10-4-2-3-9(13)7-10/h2-8H,1H3,(H,14,15). The Morgan fingerprint density at radius 1 is 1.19 bits per heavy atom. The van der Waals surface area contributed by atoms with Crippen LogP contribution < -0.4 is 10.1 Å². The lowest BCUT2D eigenvalue weighted by molar-refractivity contribution is 0.482. The summed E-state index contributed by atoms with van der Waals surface area (Å²) in [4.78, 5) is 4.12. The van der Waals surface area contributed by atoms with Crippen LogP contribution in [0.4, 0.5) is 5.82 Å². The van der Waals surface area contributed by atoms with Crippen LogP contribution in [0, 0.1) is 0 Å². The Bertz CT molecular complexity index is 488. The summed E-state index contributed by atoms with van der Waals surface area (Å²) in [5.74, 6) is 2.34. The van der Waals surface area contributed by atoms with E-state index in [2.05, 4.69) is 26.2 Å². The summed E-state index contributed by atoms with van der Waals surface area (Å²) in [7, 11) is 1.82. The third kappa shape index (κ3) is 2.73. The molecule has 0 fully saturated rings. The van der Waals surface area contributed by atoms with Crippen LogP contribution in [0.5, 0.6) is 11.5 Å². The first-order valence-corrected chi connectivity index (χ1v) is 5.64. The number of rotatable bonds is 3. The van der Waals surface area contributed by atoms with E-state index in [-0.39, 0.29) is 0 Å². The third-order valence-electron chi connectivity index (χ3n) is 2.02. The fraction of sp³-hybridized carbons (Fsp3) is 0.0833. The molecule has 1 aromatic heterocycles. The number of hydrogen-bond acceptors (Lipinski definition) is 3. The van der Waals surface area contributed by atoms with Gasteiger partial charge in [-0.25, -0.2) is 4.98 Å². The predicted molar refractivity (Wildman–Crippen MR) is 68.0 cm³/mol. The second-order valence-corrected chi connectivity index (χ2v) is 4.10. The molecule has 0 amide bonds. The second-order valence-electron chi connectivity index (χ2n) is 3.19. The lowest BCUT2D eigenvalue weighted by Crippen LogP contribution is -1.92. The number of pyridine rings is 1. The minimum Gasteiger partial charge on any atom is -0.457 e. The van der Waals surface area contributed by atoms with E-state index in [1.807, 2.05) is 43.4 Å². The SMILES string of the molecule is CNc1cc(Oc2cccc(Br)c2)ccn1. The van der Waals surface area contributed by atoms with E-state index < -0.39 is 0 Å². The van der Waals surface area contributed by atoms with Gasteiger partial charge in [0.25, 0.3) is 0 Å². The number of halogens is 1. The molecule has 0 bridgehead atoms. The van der Waals surface area contributed by atoms with Gasteiger partial charge in [0.1, 0.15) is 17.3 Å². The van der Waals surface area contributed by atoms with Crippen molar-refractivity contribution in [3.8, 4) is 11.5 Å². The largest absolute Gasteiger partial charge is 0.457 e. The molecule has 1 heterocycles. The Kier molecular flexibility index (Phi) is 3.41. The van der Waals surface area contributed by atoms with Gasteiger partial charge >= 0.3 is 0 Å². The van der Waals surface area contributed by atoms with Crippen LogP contribution in [0.15, 0.2) is 47.1 Å². The van der Waals surface area contributed by atoms with Gasteiger partial charge in [-0.2, -0.15) is 0 Å². The molecular weight excluding hydrogens is 268 g/mol. The van der Waals surface area contributed by atoms with E-state index in [1.165, 1.54) is 0 Å². The zero-order valence-electron chi connectivity index (χ0n) is 8.77. The van der Waals surface area contributed by atoms with Crippen LogP contribution in [-0.4, -0.2) is 12.0 Å². The molecule has 2 rings (SSSR count). The number of aromatic nitrogens is 1. The topological polar surface area (TPSA) is 34.1 Å². The highest BCUT2D eigenvalue weighted by Gasteiger charge is 1.99. The normalized spacial score (nSPS) is 9.88. The van der Waals surface area contributed by atoms with E-state index in [0.29, 0.717) is 0 Å². The van der Waals surface area contributed by atoms with Crippen molar-refractivity contribution in [2.24, 2.45) is 0 Å². The molecule has 4 heteroatoms. The molecule has 0 atom stereocenters. The van der Waals surface area contributed by atoms with Gasteiger partial charge in [-0.05, 0) is 24.3 Å². The minimum atomic E-state index is 0.762. The highest BCUT2D eigenvalue weighted by molar-refractivity contribution is 9.10. The summed E-state index contributed by atoms with van der Waals surface area (Å²) in [5.41, 5.74) is 0. The van der Waals surface area contributed by atoms with Crippen LogP contribution in [0.25, 0.3) is 0 Å². The van der Waals surface area contributed by atoms with Gasteiger partial charge in [0.2, 0.25) is 0 Å². The Balaban J connectivity index is 2.20. The van der Waals surface area contributed by atoms with Crippen molar-refractivity contribution in [1.82, 2.24) is 4.98 Å². The Hall–Kier alpha value is -1.55. The molecule has 0 aliphatic rings. The molecule has 82 valence electrons. The van der Waals surface area contributed by atoms with Crippen LogP contribution in [0.3, 0.4) is 0 Å². The summed E-state index contributed by atoms with van der Waals surface area (Å²) in [6, 6.07) is 11.4. The predicted octanol–water partition coefficient (Wildman–Crippen LogP) is 3.68. The monoisotopic (exact) mass is 278 g/mol. The molecule has 2 aromatic rings. The molecule has 16 heavy (non-hydrogen) atoms. The van der Waals surface area contributed by atoms with Crippen molar-refractivity contribution < 1.29 is 4.74 Å². The summed E-state index contributed by atoms with van der Waals surface area (Å²) in [6.45, 7) is 0. The van der Waals surface area contributed by atoms with Gasteiger partial charge in [0, 0.05) is 23.8 Å². The molecular formula is C12H11BrN2O. The quantitative estimate of drug-likeness (QED) is 0.930. The number of anilines is 1. The Morgan fingerprint density at radius 3 is 2.75 bits per heavy atom. The van der Waals surface area contributed by atoms with E-state index in [9.17, 15) is 0 Å². The molecule has 0 spiro atoms. The number of hydrogen-bond donors (Lipinski definition) is 1. The Morgan fingerprint density at radius 2 is 2.00 bits per heavy atom. The summed E-state index contributed by atoms with van der Waals surface area (Å²) < 4.78 is 6.69. The lowest BCUT2D eigenvalue weighted by Gasteiger charge is -2.07. The first-order valence-electron chi connectivity index (χ1n) is 4.85. The van der Waals surface area contributed by atoms with E-state index >= 15 is 0 Å². The first-order chi connectivity index (χ1) is 7.78. The van der Waals surface area contributed by atoms with Crippen molar-refractivity contribution in [2.45, 2.75) is 0 Å². The number of nitrogens with one attached hydrogen (secondary N) is 1. The van der Waals surface area contributed by atoms with Crippen molar-refractivity contribution in [2.75, 3.05) is 12.4 Å². The van der Waals surface area contributed by atoms with Crippen LogP contribution in [-0.2, 0) is 0 Å². The zero-order valence-corrected chi connectivity index (χ0v) is 10.4. The molecule has 1 N–H and O–H groups in total. The zero-order chi connectivity index (χ0) is 11.4. The summed E-state index contributed by atoms with van der Waals surface area (Å²) in [6.07, 6.45) is 1.71. The van der Waals surface area contributed by atoms with Crippen LogP contribution in [0.1, 0.15) is 0 Å². The van der Waals surface area contributed by atoms with Gasteiger partial charge in [-0.1, -0.05) is 22.0 Å². The maximum absolute atomic E-state index is 5.69. The van der Waals surface area contributed by atoms with E-state index in [0.717, 1.165) is 21.8 Å². The summed E-state index contributed by atoms with van der Waals surface area (Å²) in [5, 5.41) is 2.96. The molecule has 0 saturated carbocycles. The third-order valence-corrected chi connectivity index (χ3v) is 2.51. The van der Waals surface area contributed by atoms with E-state index in [1.54, 1.807) is 6.20 Å².